The van der Waals surface area contributed by atoms with Crippen LogP contribution in [0.15, 0.2) is 52.3 Å². The van der Waals surface area contributed by atoms with Crippen LogP contribution < -0.4 is 0 Å². The van der Waals surface area contributed by atoms with Gasteiger partial charge in [0, 0.05) is 0 Å². The minimum absolute atomic E-state index is 0. The monoisotopic (exact) mass is 371 g/mol. The molecule has 1 unspecified atom stereocenters. The van der Waals surface area contributed by atoms with Gasteiger partial charge in [0.15, 0.2) is 0 Å². The quantitative estimate of drug-likeness (QED) is 0.756. The van der Waals surface area contributed by atoms with Crippen LogP contribution in [0.5, 0.6) is 0 Å². The molecule has 0 amide bonds. The van der Waals surface area contributed by atoms with E-state index in [1.807, 2.05) is 0 Å². The van der Waals surface area contributed by atoms with Crippen LogP contribution in [-0.2, 0) is 23.0 Å². The summed E-state index contributed by atoms with van der Waals surface area (Å²) in [6.07, 6.45) is 5.57. The Bertz CT molecular complexity index is 471. The second kappa shape index (κ2) is 9.20. The molecule has 0 bridgehead atoms. The molecule has 0 aromatic heterocycles. The van der Waals surface area contributed by atoms with E-state index in [1.165, 1.54) is 15.4 Å². The van der Waals surface area contributed by atoms with Gasteiger partial charge < -0.3 is 0 Å². The number of rotatable bonds is 3. The molecule has 0 fully saturated rings. The molecule has 20 heavy (non-hydrogen) atoms. The zero-order valence-electron chi connectivity index (χ0n) is 11.9. The van der Waals surface area contributed by atoms with Gasteiger partial charge in [-0.05, 0) is 0 Å². The van der Waals surface area contributed by atoms with Crippen molar-refractivity contribution in [3.05, 3.63) is 57.9 Å². The molecule has 1 aliphatic carbocycles. The second-order valence-corrected chi connectivity index (χ2v) is 5.64. The van der Waals surface area contributed by atoms with Gasteiger partial charge in [-0.25, -0.2) is 0 Å². The predicted octanol–water partition coefficient (Wildman–Crippen LogP) is 4.49. The van der Waals surface area contributed by atoms with Gasteiger partial charge in [0.05, 0.1) is 0 Å². The maximum atomic E-state index is 2.72. The molecule has 112 valence electrons. The van der Waals surface area contributed by atoms with Gasteiger partial charge in [-0.15, -0.1) is 37.2 Å². The van der Waals surface area contributed by atoms with Crippen molar-refractivity contribution in [2.24, 2.45) is 0 Å². The van der Waals surface area contributed by atoms with E-state index in [-0.39, 0.29) is 42.8 Å². The van der Waals surface area contributed by atoms with Crippen LogP contribution in [0.2, 0.25) is 0 Å². The number of halogens is 3. The van der Waals surface area contributed by atoms with Gasteiger partial charge in [0.2, 0.25) is 0 Å². The Labute approximate surface area is 150 Å². The molecule has 0 heterocycles. The summed E-state index contributed by atoms with van der Waals surface area (Å²) in [5.74, 6) is 0. The van der Waals surface area contributed by atoms with Crippen molar-refractivity contribution >= 4 is 37.2 Å². The minimum atomic E-state index is -0.0450. The number of hydrogen-bond acceptors (Lipinski definition) is 1. The molecule has 0 radical (unpaired) electrons. The molecule has 0 saturated heterocycles. The summed E-state index contributed by atoms with van der Waals surface area (Å²) in [5, 5.41) is 0. The SMILES string of the molecule is CN(C)C(C)(C1=[C]([V])CC=C1)c1ccccc1.Cl.Cl.Cl. The van der Waals surface area contributed by atoms with Crippen molar-refractivity contribution < 1.29 is 17.4 Å². The number of nitrogens with zero attached hydrogens (tertiary/aromatic N) is 1. The average Bonchev–Trinajstić information content (AvgIpc) is 2.76. The first-order valence-electron chi connectivity index (χ1n) is 5.89. The fourth-order valence-corrected chi connectivity index (χ4v) is 2.98. The Morgan fingerprint density at radius 3 is 2.00 bits per heavy atom. The zero-order valence-corrected chi connectivity index (χ0v) is 15.7. The third-order valence-corrected chi connectivity index (χ3v) is 4.32. The van der Waals surface area contributed by atoms with E-state index in [1.54, 1.807) is 0 Å². The van der Waals surface area contributed by atoms with Crippen molar-refractivity contribution in [2.75, 3.05) is 14.1 Å². The van der Waals surface area contributed by atoms with E-state index < -0.39 is 0 Å². The molecule has 0 aliphatic heterocycles. The van der Waals surface area contributed by atoms with Crippen molar-refractivity contribution in [2.45, 2.75) is 18.9 Å². The fraction of sp³-hybridized carbons (Fsp3) is 0.333. The summed E-state index contributed by atoms with van der Waals surface area (Å²) in [6.45, 7) is 2.29. The average molecular weight is 373 g/mol. The first-order chi connectivity index (χ1) is 8.06. The van der Waals surface area contributed by atoms with Gasteiger partial charge in [0.1, 0.15) is 0 Å². The van der Waals surface area contributed by atoms with Gasteiger partial charge >= 0.3 is 113 Å². The summed E-state index contributed by atoms with van der Waals surface area (Å²) in [5.41, 5.74) is 2.71. The molecule has 2 rings (SSSR count). The van der Waals surface area contributed by atoms with Crippen molar-refractivity contribution in [1.29, 1.82) is 0 Å². The van der Waals surface area contributed by atoms with Crippen LogP contribution >= 0.6 is 37.2 Å². The van der Waals surface area contributed by atoms with E-state index in [0.717, 1.165) is 6.42 Å². The normalized spacial score (nSPS) is 16.0. The van der Waals surface area contributed by atoms with E-state index in [0.29, 0.717) is 0 Å². The van der Waals surface area contributed by atoms with E-state index in [4.69, 9.17) is 0 Å². The molecule has 1 aromatic rings. The van der Waals surface area contributed by atoms with Crippen molar-refractivity contribution in [1.82, 2.24) is 4.90 Å². The van der Waals surface area contributed by atoms with Gasteiger partial charge in [-0.2, -0.15) is 0 Å². The van der Waals surface area contributed by atoms with Crippen molar-refractivity contribution in [3.63, 3.8) is 0 Å². The molecular formula is C15H21Cl3NV. The largest absolute Gasteiger partial charge is 0.147 e. The van der Waals surface area contributed by atoms with Gasteiger partial charge in [-0.3, -0.25) is 0 Å². The van der Waals surface area contributed by atoms with Crippen LogP contribution in [-0.4, -0.2) is 19.0 Å². The van der Waals surface area contributed by atoms with Crippen LogP contribution in [0.1, 0.15) is 18.9 Å². The summed E-state index contributed by atoms with van der Waals surface area (Å²) in [7, 11) is 4.29. The van der Waals surface area contributed by atoms with Crippen LogP contribution in [0, 0.1) is 0 Å². The Kier molecular flexibility index (Phi) is 10.3. The Balaban J connectivity index is 0. The number of hydrogen-bond donors (Lipinski definition) is 0. The van der Waals surface area contributed by atoms with Crippen LogP contribution in [0.25, 0.3) is 0 Å². The zero-order chi connectivity index (χ0) is 12.5. The first-order valence-corrected chi connectivity index (χ1v) is 6.58. The Hall–Kier alpha value is 0.114. The standard InChI is InChI=1S/C15H18N.3ClH.V/c1-15(16(2)3,14-11-7-8-12-14)13-9-5-4-6-10-13;;;;/h4-7,9-11H,8H2,1-3H3;3*1H;. The van der Waals surface area contributed by atoms with E-state index >= 15 is 0 Å². The number of allylic oxidation sites excluding steroid dienone is 2. The predicted molar refractivity (Wildman–Crippen MR) is 90.0 cm³/mol. The minimum Gasteiger partial charge on any atom is -0.147 e. The van der Waals surface area contributed by atoms with Crippen molar-refractivity contribution in [3.8, 4) is 0 Å². The molecule has 0 N–H and O–H groups in total. The van der Waals surface area contributed by atoms with E-state index in [9.17, 15) is 0 Å². The summed E-state index contributed by atoms with van der Waals surface area (Å²) >= 11 is 2.72. The summed E-state index contributed by atoms with van der Waals surface area (Å²) < 4.78 is 1.41. The smallest absolute Gasteiger partial charge is 0.147 e. The maximum Gasteiger partial charge on any atom is -0.147 e. The first kappa shape index (κ1) is 22.4. The Morgan fingerprint density at radius 1 is 1.05 bits per heavy atom. The summed E-state index contributed by atoms with van der Waals surface area (Å²) in [4.78, 5) is 2.29. The number of likely N-dealkylation sites (N-methyl/N-ethyl adjacent to an activating group) is 1. The Morgan fingerprint density at radius 2 is 1.60 bits per heavy atom. The van der Waals surface area contributed by atoms with Crippen LogP contribution in [0.4, 0.5) is 0 Å². The van der Waals surface area contributed by atoms with E-state index in [2.05, 4.69) is 85.8 Å². The molecular weight excluding hydrogens is 351 g/mol. The van der Waals surface area contributed by atoms with Crippen LogP contribution in [0.3, 0.4) is 0 Å². The van der Waals surface area contributed by atoms with Gasteiger partial charge in [0.25, 0.3) is 0 Å². The molecule has 0 spiro atoms. The van der Waals surface area contributed by atoms with Gasteiger partial charge in [-0.1, -0.05) is 0 Å². The molecule has 1 nitrogen and oxygen atoms in total. The molecule has 1 atom stereocenters. The fourth-order valence-electron chi connectivity index (χ4n) is 2.36. The third kappa shape index (κ3) is 4.07. The molecule has 1 aliphatic rings. The number of benzene rings is 1. The second-order valence-electron chi connectivity index (χ2n) is 4.80. The topological polar surface area (TPSA) is 3.24 Å². The molecule has 1 aromatic carbocycles. The molecule has 0 saturated carbocycles. The third-order valence-electron chi connectivity index (χ3n) is 3.66. The maximum absolute atomic E-state index is 2.72. The molecule has 5 heteroatoms. The summed E-state index contributed by atoms with van der Waals surface area (Å²) in [6, 6.07) is 10.7.